The topological polar surface area (TPSA) is 69.7 Å². The second-order valence-corrected chi connectivity index (χ2v) is 8.83. The van der Waals surface area contributed by atoms with Crippen LogP contribution >= 0.6 is 15.9 Å². The van der Waals surface area contributed by atoms with Gasteiger partial charge in [0.2, 0.25) is 15.9 Å². The van der Waals surface area contributed by atoms with Crippen molar-refractivity contribution in [3.05, 3.63) is 28.7 Å². The summed E-state index contributed by atoms with van der Waals surface area (Å²) in [6, 6.07) is 7.03. The van der Waals surface area contributed by atoms with Gasteiger partial charge in [0.1, 0.15) is 0 Å². The summed E-state index contributed by atoms with van der Waals surface area (Å²) in [4.78, 5) is 14.1. The number of carbonyl (C=O) groups is 1. The molecule has 2 fully saturated rings. The lowest BCUT2D eigenvalue weighted by Crippen LogP contribution is -2.51. The number of hydrogen-bond donors (Lipinski definition) is 1. The van der Waals surface area contributed by atoms with E-state index in [0.717, 1.165) is 17.3 Å². The van der Waals surface area contributed by atoms with E-state index in [9.17, 15) is 13.2 Å². The van der Waals surface area contributed by atoms with Crippen molar-refractivity contribution >= 4 is 31.9 Å². The summed E-state index contributed by atoms with van der Waals surface area (Å²) < 4.78 is 27.5. The van der Waals surface area contributed by atoms with Crippen LogP contribution in [0.2, 0.25) is 0 Å². The van der Waals surface area contributed by atoms with Gasteiger partial charge in [0.05, 0.1) is 11.4 Å². The zero-order valence-electron chi connectivity index (χ0n) is 12.7. The Bertz CT molecular complexity index is 666. The molecule has 0 spiro atoms. The molecule has 1 aliphatic heterocycles. The first-order chi connectivity index (χ1) is 10.9. The zero-order chi connectivity index (χ0) is 16.4. The number of rotatable bonds is 5. The van der Waals surface area contributed by atoms with E-state index < -0.39 is 10.0 Å². The van der Waals surface area contributed by atoms with E-state index in [4.69, 9.17) is 0 Å². The number of halogens is 1. The highest BCUT2D eigenvalue weighted by molar-refractivity contribution is 9.10. The van der Waals surface area contributed by atoms with Crippen molar-refractivity contribution in [2.24, 2.45) is 0 Å². The van der Waals surface area contributed by atoms with Gasteiger partial charge in [0.25, 0.3) is 0 Å². The molecule has 1 amide bonds. The Balaban J connectivity index is 1.55. The van der Waals surface area contributed by atoms with Gasteiger partial charge in [-0.3, -0.25) is 9.69 Å². The first-order valence-electron chi connectivity index (χ1n) is 7.72. The molecule has 0 atom stereocenters. The predicted molar refractivity (Wildman–Crippen MR) is 90.5 cm³/mol. The lowest BCUT2D eigenvalue weighted by Gasteiger charge is -2.33. The van der Waals surface area contributed by atoms with Crippen molar-refractivity contribution in [2.75, 3.05) is 32.7 Å². The van der Waals surface area contributed by atoms with Gasteiger partial charge in [0.15, 0.2) is 0 Å². The SMILES string of the molecule is O=C(CN1CCN(S(=O)(=O)c2ccc(Br)cc2)CC1)NC1CC1. The summed E-state index contributed by atoms with van der Waals surface area (Å²) in [7, 11) is -3.45. The van der Waals surface area contributed by atoms with E-state index in [2.05, 4.69) is 21.2 Å². The maximum Gasteiger partial charge on any atom is 0.243 e. The molecule has 1 saturated carbocycles. The van der Waals surface area contributed by atoms with Crippen LogP contribution in [0.15, 0.2) is 33.6 Å². The highest BCUT2D eigenvalue weighted by atomic mass is 79.9. The molecule has 6 nitrogen and oxygen atoms in total. The minimum Gasteiger partial charge on any atom is -0.352 e. The minimum atomic E-state index is -3.45. The van der Waals surface area contributed by atoms with E-state index in [-0.39, 0.29) is 5.91 Å². The number of benzene rings is 1. The fourth-order valence-electron chi connectivity index (χ4n) is 2.59. The predicted octanol–water partition coefficient (Wildman–Crippen LogP) is 1.03. The van der Waals surface area contributed by atoms with Crippen LogP contribution in [0.4, 0.5) is 0 Å². The van der Waals surface area contributed by atoms with Gasteiger partial charge in [-0.05, 0) is 37.1 Å². The van der Waals surface area contributed by atoms with Crippen molar-refractivity contribution in [3.63, 3.8) is 0 Å². The fourth-order valence-corrected chi connectivity index (χ4v) is 4.27. The summed E-state index contributed by atoms with van der Waals surface area (Å²) in [5, 5.41) is 2.96. The third-order valence-electron chi connectivity index (χ3n) is 4.09. The summed E-state index contributed by atoms with van der Waals surface area (Å²) in [5.74, 6) is 0.0386. The fraction of sp³-hybridized carbons (Fsp3) is 0.533. The molecule has 2 aliphatic rings. The summed E-state index contributed by atoms with van der Waals surface area (Å²) in [5.41, 5.74) is 0. The van der Waals surface area contributed by atoms with Crippen LogP contribution in [0.25, 0.3) is 0 Å². The van der Waals surface area contributed by atoms with Crippen molar-refractivity contribution in [1.82, 2.24) is 14.5 Å². The highest BCUT2D eigenvalue weighted by Crippen LogP contribution is 2.20. The second kappa shape index (κ2) is 6.88. The molecule has 23 heavy (non-hydrogen) atoms. The van der Waals surface area contributed by atoms with E-state index in [1.54, 1.807) is 24.3 Å². The first-order valence-corrected chi connectivity index (χ1v) is 9.96. The van der Waals surface area contributed by atoms with Gasteiger partial charge in [-0.25, -0.2) is 8.42 Å². The molecule has 0 radical (unpaired) electrons. The average Bonchev–Trinajstić information content (AvgIpc) is 3.32. The van der Waals surface area contributed by atoms with Gasteiger partial charge >= 0.3 is 0 Å². The molecule has 1 aliphatic carbocycles. The molecule has 1 aromatic rings. The van der Waals surface area contributed by atoms with E-state index >= 15 is 0 Å². The molecule has 126 valence electrons. The Labute approximate surface area is 145 Å². The van der Waals surface area contributed by atoms with Gasteiger partial charge in [0, 0.05) is 36.7 Å². The van der Waals surface area contributed by atoms with E-state index in [0.29, 0.717) is 43.7 Å². The number of amides is 1. The Morgan fingerprint density at radius 2 is 1.74 bits per heavy atom. The number of sulfonamides is 1. The Morgan fingerprint density at radius 1 is 1.13 bits per heavy atom. The molecule has 1 N–H and O–H groups in total. The van der Waals surface area contributed by atoms with Crippen molar-refractivity contribution in [1.29, 1.82) is 0 Å². The molecule has 0 aromatic heterocycles. The van der Waals surface area contributed by atoms with E-state index in [1.807, 2.05) is 4.90 Å². The lowest BCUT2D eigenvalue weighted by atomic mass is 10.3. The minimum absolute atomic E-state index is 0.0386. The maximum absolute atomic E-state index is 12.6. The molecule has 1 heterocycles. The standard InChI is InChI=1S/C15H20BrN3O3S/c16-12-1-5-14(6-2-12)23(21,22)19-9-7-18(8-10-19)11-15(20)17-13-3-4-13/h1-2,5-6,13H,3-4,7-11H2,(H,17,20). The molecular weight excluding hydrogens is 382 g/mol. The quantitative estimate of drug-likeness (QED) is 0.799. The summed E-state index contributed by atoms with van der Waals surface area (Å²) in [6.07, 6.45) is 2.15. The van der Waals surface area contributed by atoms with Gasteiger partial charge in [-0.15, -0.1) is 0 Å². The van der Waals surface area contributed by atoms with Gasteiger partial charge in [-0.2, -0.15) is 4.31 Å². The molecule has 1 saturated heterocycles. The van der Waals surface area contributed by atoms with Crippen LogP contribution in [0, 0.1) is 0 Å². The Kier molecular flexibility index (Phi) is 5.05. The molecular formula is C15H20BrN3O3S. The number of nitrogens with one attached hydrogen (secondary N) is 1. The lowest BCUT2D eigenvalue weighted by molar-refractivity contribution is -0.122. The van der Waals surface area contributed by atoms with E-state index in [1.165, 1.54) is 4.31 Å². The first kappa shape index (κ1) is 16.9. The molecule has 0 bridgehead atoms. The van der Waals surface area contributed by atoms with Crippen molar-refractivity contribution in [2.45, 2.75) is 23.8 Å². The van der Waals surface area contributed by atoms with Crippen molar-refractivity contribution < 1.29 is 13.2 Å². The summed E-state index contributed by atoms with van der Waals surface area (Å²) in [6.45, 7) is 2.33. The largest absolute Gasteiger partial charge is 0.352 e. The summed E-state index contributed by atoms with van der Waals surface area (Å²) >= 11 is 3.31. The third kappa shape index (κ3) is 4.32. The number of nitrogens with zero attached hydrogens (tertiary/aromatic N) is 2. The van der Waals surface area contributed by atoms with Crippen molar-refractivity contribution in [3.8, 4) is 0 Å². The van der Waals surface area contributed by atoms with Crippen LogP contribution in [0.5, 0.6) is 0 Å². The van der Waals surface area contributed by atoms with Crippen LogP contribution in [0.1, 0.15) is 12.8 Å². The number of hydrogen-bond acceptors (Lipinski definition) is 4. The zero-order valence-corrected chi connectivity index (χ0v) is 15.1. The molecule has 1 aromatic carbocycles. The van der Waals surface area contributed by atoms with Crippen LogP contribution < -0.4 is 5.32 Å². The third-order valence-corrected chi connectivity index (χ3v) is 6.53. The second-order valence-electron chi connectivity index (χ2n) is 5.98. The maximum atomic E-state index is 12.6. The van der Waals surface area contributed by atoms with Crippen LogP contribution in [0.3, 0.4) is 0 Å². The monoisotopic (exact) mass is 401 g/mol. The van der Waals surface area contributed by atoms with Crippen LogP contribution in [-0.2, 0) is 14.8 Å². The highest BCUT2D eigenvalue weighted by Gasteiger charge is 2.30. The average molecular weight is 402 g/mol. The number of piperazine rings is 1. The molecule has 0 unspecified atom stereocenters. The molecule has 8 heteroatoms. The molecule has 3 rings (SSSR count). The Hall–Kier alpha value is -0.960. The smallest absolute Gasteiger partial charge is 0.243 e. The Morgan fingerprint density at radius 3 is 2.30 bits per heavy atom. The normalized spacial score (nSPS) is 20.4. The van der Waals surface area contributed by atoms with Gasteiger partial charge < -0.3 is 5.32 Å². The number of carbonyl (C=O) groups excluding carboxylic acids is 1. The van der Waals surface area contributed by atoms with Gasteiger partial charge in [-0.1, -0.05) is 15.9 Å². The van der Waals surface area contributed by atoms with Crippen LogP contribution in [-0.4, -0.2) is 62.3 Å².